The monoisotopic (exact) mass is 221 g/mol. The van der Waals surface area contributed by atoms with Crippen LogP contribution in [-0.2, 0) is 0 Å². The predicted molar refractivity (Wildman–Crippen MR) is 59.1 cm³/mol. The Morgan fingerprint density at radius 2 is 2.19 bits per heavy atom. The van der Waals surface area contributed by atoms with Crippen LogP contribution in [0.2, 0.25) is 0 Å². The average Bonchev–Trinajstić information content (AvgIpc) is 3.05. The van der Waals surface area contributed by atoms with Crippen molar-refractivity contribution >= 4 is 5.91 Å². The number of para-hydroxylation sites is 1. The Morgan fingerprint density at radius 1 is 1.44 bits per heavy atom. The molecule has 3 N–H and O–H groups in total. The number of hydrogen-bond donors (Lipinski definition) is 2. The molecule has 16 heavy (non-hydrogen) atoms. The van der Waals surface area contributed by atoms with Crippen molar-refractivity contribution in [1.82, 2.24) is 0 Å². The van der Waals surface area contributed by atoms with Crippen LogP contribution in [0, 0.1) is 11.8 Å². The number of carbonyl (C=O) groups excluding carboxylic acids is 1. The number of aliphatic hydroxyl groups excluding tert-OH is 1. The van der Waals surface area contributed by atoms with Gasteiger partial charge in [0.1, 0.15) is 5.75 Å². The Hall–Kier alpha value is -1.55. The zero-order valence-corrected chi connectivity index (χ0v) is 8.93. The number of carbonyl (C=O) groups is 1. The molecule has 1 aliphatic carbocycles. The van der Waals surface area contributed by atoms with Crippen molar-refractivity contribution in [3.8, 4) is 5.75 Å². The van der Waals surface area contributed by atoms with Gasteiger partial charge >= 0.3 is 0 Å². The van der Waals surface area contributed by atoms with Gasteiger partial charge in [0.15, 0.2) is 0 Å². The first-order chi connectivity index (χ1) is 7.72. The molecular weight excluding hydrogens is 206 g/mol. The van der Waals surface area contributed by atoms with E-state index in [-0.39, 0.29) is 6.61 Å². The second-order valence-electron chi connectivity index (χ2n) is 4.11. The minimum Gasteiger partial charge on any atom is -0.492 e. The normalized spacial score (nSPS) is 22.8. The standard InChI is InChI=1S/C12H15NO3/c13-12(15)10-3-1-2-4-11(10)16-7-9-5-8(9)6-14/h1-4,8-9,14H,5-7H2,(H2,13,15). The van der Waals surface area contributed by atoms with Crippen molar-refractivity contribution in [2.45, 2.75) is 6.42 Å². The summed E-state index contributed by atoms with van der Waals surface area (Å²) >= 11 is 0. The zero-order chi connectivity index (χ0) is 11.5. The molecule has 4 nitrogen and oxygen atoms in total. The summed E-state index contributed by atoms with van der Waals surface area (Å²) in [4.78, 5) is 11.1. The second-order valence-corrected chi connectivity index (χ2v) is 4.11. The van der Waals surface area contributed by atoms with Gasteiger partial charge < -0.3 is 15.6 Å². The lowest BCUT2D eigenvalue weighted by Crippen LogP contribution is -2.13. The Balaban J connectivity index is 1.96. The lowest BCUT2D eigenvalue weighted by Gasteiger charge is -2.08. The van der Waals surface area contributed by atoms with E-state index >= 15 is 0 Å². The number of rotatable bonds is 5. The van der Waals surface area contributed by atoms with E-state index in [0.717, 1.165) is 6.42 Å². The van der Waals surface area contributed by atoms with Crippen molar-refractivity contribution in [3.63, 3.8) is 0 Å². The molecule has 0 spiro atoms. The van der Waals surface area contributed by atoms with Crippen molar-refractivity contribution in [1.29, 1.82) is 0 Å². The fourth-order valence-corrected chi connectivity index (χ4v) is 1.73. The topological polar surface area (TPSA) is 72.6 Å². The number of amides is 1. The fourth-order valence-electron chi connectivity index (χ4n) is 1.73. The summed E-state index contributed by atoms with van der Waals surface area (Å²) in [6, 6.07) is 6.93. The largest absolute Gasteiger partial charge is 0.492 e. The summed E-state index contributed by atoms with van der Waals surface area (Å²) in [5.74, 6) is 0.815. The molecule has 2 atom stereocenters. The third-order valence-corrected chi connectivity index (χ3v) is 2.91. The van der Waals surface area contributed by atoms with Crippen LogP contribution in [-0.4, -0.2) is 24.2 Å². The maximum atomic E-state index is 11.1. The summed E-state index contributed by atoms with van der Waals surface area (Å²) in [5, 5.41) is 8.89. The molecular formula is C12H15NO3. The average molecular weight is 221 g/mol. The molecule has 1 fully saturated rings. The second kappa shape index (κ2) is 4.53. The molecule has 1 saturated carbocycles. The molecule has 0 aliphatic heterocycles. The maximum absolute atomic E-state index is 11.1. The minimum atomic E-state index is -0.481. The summed E-state index contributed by atoms with van der Waals surface area (Å²) < 4.78 is 5.54. The van der Waals surface area contributed by atoms with Crippen molar-refractivity contribution in [2.24, 2.45) is 17.6 Å². The van der Waals surface area contributed by atoms with Gasteiger partial charge in [-0.15, -0.1) is 0 Å². The van der Waals surface area contributed by atoms with E-state index in [1.165, 1.54) is 0 Å². The van der Waals surface area contributed by atoms with Crippen molar-refractivity contribution < 1.29 is 14.6 Å². The lowest BCUT2D eigenvalue weighted by molar-refractivity contribution is 0.0996. The van der Waals surface area contributed by atoms with Gasteiger partial charge in [0.05, 0.1) is 12.2 Å². The third-order valence-electron chi connectivity index (χ3n) is 2.91. The first kappa shape index (κ1) is 11.0. The first-order valence-electron chi connectivity index (χ1n) is 5.35. The number of benzene rings is 1. The van der Waals surface area contributed by atoms with Gasteiger partial charge in [-0.25, -0.2) is 0 Å². The highest BCUT2D eigenvalue weighted by atomic mass is 16.5. The molecule has 86 valence electrons. The Kier molecular flexibility index (Phi) is 3.10. The van der Waals surface area contributed by atoms with E-state index in [9.17, 15) is 4.79 Å². The van der Waals surface area contributed by atoms with E-state index in [4.69, 9.17) is 15.6 Å². The molecule has 0 bridgehead atoms. The van der Waals surface area contributed by atoms with Crippen LogP contribution < -0.4 is 10.5 Å². The van der Waals surface area contributed by atoms with Crippen LogP contribution in [0.4, 0.5) is 0 Å². The number of ether oxygens (including phenoxy) is 1. The van der Waals surface area contributed by atoms with Crippen LogP contribution >= 0.6 is 0 Å². The number of hydrogen-bond acceptors (Lipinski definition) is 3. The molecule has 0 radical (unpaired) electrons. The SMILES string of the molecule is NC(=O)c1ccccc1OCC1CC1CO. The highest BCUT2D eigenvalue weighted by molar-refractivity contribution is 5.95. The zero-order valence-electron chi connectivity index (χ0n) is 8.93. The fraction of sp³-hybridized carbons (Fsp3) is 0.417. The van der Waals surface area contributed by atoms with E-state index in [1.54, 1.807) is 24.3 Å². The van der Waals surface area contributed by atoms with Crippen LogP contribution in [0.15, 0.2) is 24.3 Å². The van der Waals surface area contributed by atoms with Gasteiger partial charge in [0.2, 0.25) is 0 Å². The molecule has 1 aromatic carbocycles. The molecule has 0 saturated heterocycles. The summed E-state index contributed by atoms with van der Waals surface area (Å²) in [7, 11) is 0. The predicted octanol–water partition coefficient (Wildman–Crippen LogP) is 0.793. The maximum Gasteiger partial charge on any atom is 0.252 e. The quantitative estimate of drug-likeness (QED) is 0.772. The molecule has 0 aromatic heterocycles. The minimum absolute atomic E-state index is 0.214. The van der Waals surface area contributed by atoms with E-state index in [0.29, 0.717) is 29.8 Å². The van der Waals surface area contributed by atoms with E-state index < -0.39 is 5.91 Å². The molecule has 1 aromatic rings. The van der Waals surface area contributed by atoms with Gasteiger partial charge in [0.25, 0.3) is 5.91 Å². The van der Waals surface area contributed by atoms with E-state index in [2.05, 4.69) is 0 Å². The van der Waals surface area contributed by atoms with Crippen LogP contribution in [0.25, 0.3) is 0 Å². The van der Waals surface area contributed by atoms with Crippen LogP contribution in [0.3, 0.4) is 0 Å². The summed E-state index contributed by atoms with van der Waals surface area (Å²) in [6.45, 7) is 0.751. The Bertz CT molecular complexity index is 392. The first-order valence-corrected chi connectivity index (χ1v) is 5.35. The molecule has 1 amide bonds. The van der Waals surface area contributed by atoms with Gasteiger partial charge in [-0.3, -0.25) is 4.79 Å². The van der Waals surface area contributed by atoms with Gasteiger partial charge in [-0.1, -0.05) is 12.1 Å². The number of primary amides is 1. The summed E-state index contributed by atoms with van der Waals surface area (Å²) in [6.07, 6.45) is 0.995. The molecule has 0 heterocycles. The van der Waals surface area contributed by atoms with Crippen molar-refractivity contribution in [3.05, 3.63) is 29.8 Å². The van der Waals surface area contributed by atoms with E-state index in [1.807, 2.05) is 0 Å². The van der Waals surface area contributed by atoms with Crippen LogP contribution in [0.1, 0.15) is 16.8 Å². The lowest BCUT2D eigenvalue weighted by atomic mass is 10.2. The molecule has 2 unspecified atom stereocenters. The van der Waals surface area contributed by atoms with Gasteiger partial charge in [-0.2, -0.15) is 0 Å². The molecule has 4 heteroatoms. The Morgan fingerprint density at radius 3 is 2.81 bits per heavy atom. The number of nitrogens with two attached hydrogens (primary N) is 1. The van der Waals surface area contributed by atoms with Crippen LogP contribution in [0.5, 0.6) is 5.75 Å². The molecule has 2 rings (SSSR count). The smallest absolute Gasteiger partial charge is 0.252 e. The van der Waals surface area contributed by atoms with Crippen molar-refractivity contribution in [2.75, 3.05) is 13.2 Å². The molecule has 1 aliphatic rings. The third kappa shape index (κ3) is 2.33. The van der Waals surface area contributed by atoms with Gasteiger partial charge in [-0.05, 0) is 30.4 Å². The number of aliphatic hydroxyl groups is 1. The van der Waals surface area contributed by atoms with Gasteiger partial charge in [0, 0.05) is 6.61 Å². The highest BCUT2D eigenvalue weighted by Gasteiger charge is 2.36. The Labute approximate surface area is 94.0 Å². The highest BCUT2D eigenvalue weighted by Crippen LogP contribution is 2.38. The summed E-state index contributed by atoms with van der Waals surface area (Å²) in [5.41, 5.74) is 5.64.